The molecule has 0 radical (unpaired) electrons. The number of fused-ring (bicyclic) bond motifs is 1. The van der Waals surface area contributed by atoms with Crippen molar-refractivity contribution in [1.29, 1.82) is 0 Å². The number of hydrazine groups is 1. The first kappa shape index (κ1) is 13.0. The lowest BCUT2D eigenvalue weighted by molar-refractivity contribution is 0.135. The van der Waals surface area contributed by atoms with Crippen LogP contribution in [-0.4, -0.2) is 52.5 Å². The molecule has 0 aliphatic carbocycles. The molecular formula is C15H17N7. The lowest BCUT2D eigenvalue weighted by atomic mass is 10.2. The van der Waals surface area contributed by atoms with Crippen LogP contribution in [0.15, 0.2) is 48.1 Å². The SMILES string of the molecule is C1=CN2C=C(c3ccnc(N4CCNCC4)n3)C=CN2N=C1. The number of hydrogen-bond acceptors (Lipinski definition) is 7. The van der Waals surface area contributed by atoms with Gasteiger partial charge in [-0.1, -0.05) is 0 Å². The summed E-state index contributed by atoms with van der Waals surface area (Å²) in [5.74, 6) is 0.794. The molecule has 3 aliphatic rings. The number of nitrogens with one attached hydrogen (secondary N) is 1. The molecule has 1 saturated heterocycles. The molecule has 1 aromatic heterocycles. The quantitative estimate of drug-likeness (QED) is 0.870. The first-order valence-corrected chi connectivity index (χ1v) is 7.37. The molecule has 1 aromatic rings. The van der Waals surface area contributed by atoms with Crippen molar-refractivity contribution in [2.24, 2.45) is 5.10 Å². The monoisotopic (exact) mass is 295 g/mol. The third-order valence-corrected chi connectivity index (χ3v) is 3.74. The van der Waals surface area contributed by atoms with Crippen molar-refractivity contribution >= 4 is 17.7 Å². The Balaban J connectivity index is 1.60. The number of piperazine rings is 1. The number of rotatable bonds is 2. The summed E-state index contributed by atoms with van der Waals surface area (Å²) in [5, 5.41) is 11.3. The van der Waals surface area contributed by atoms with E-state index in [4.69, 9.17) is 4.98 Å². The summed E-state index contributed by atoms with van der Waals surface area (Å²) in [7, 11) is 0. The molecule has 0 saturated carbocycles. The van der Waals surface area contributed by atoms with E-state index in [-0.39, 0.29) is 0 Å². The van der Waals surface area contributed by atoms with Crippen LogP contribution in [0.4, 0.5) is 5.95 Å². The van der Waals surface area contributed by atoms with Crippen LogP contribution in [0.5, 0.6) is 0 Å². The summed E-state index contributed by atoms with van der Waals surface area (Å²) in [5.41, 5.74) is 1.96. The van der Waals surface area contributed by atoms with Gasteiger partial charge in [0.05, 0.1) is 11.9 Å². The number of hydrazone groups is 1. The summed E-state index contributed by atoms with van der Waals surface area (Å²) >= 11 is 0. The molecule has 7 heteroatoms. The Kier molecular flexibility index (Phi) is 3.32. The highest BCUT2D eigenvalue weighted by Crippen LogP contribution is 2.23. The highest BCUT2D eigenvalue weighted by Gasteiger charge is 2.17. The average molecular weight is 295 g/mol. The fourth-order valence-electron chi connectivity index (χ4n) is 2.59. The van der Waals surface area contributed by atoms with E-state index in [0.29, 0.717) is 0 Å². The third kappa shape index (κ3) is 2.46. The molecule has 112 valence electrons. The van der Waals surface area contributed by atoms with Gasteiger partial charge in [0.2, 0.25) is 5.95 Å². The number of aromatic nitrogens is 2. The Hall–Kier alpha value is -2.67. The summed E-state index contributed by atoms with van der Waals surface area (Å²) in [6.07, 6.45) is 13.4. The van der Waals surface area contributed by atoms with Gasteiger partial charge >= 0.3 is 0 Å². The van der Waals surface area contributed by atoms with Crippen LogP contribution in [0, 0.1) is 0 Å². The molecule has 3 aliphatic heterocycles. The van der Waals surface area contributed by atoms with Crippen molar-refractivity contribution in [2.45, 2.75) is 0 Å². The number of allylic oxidation sites excluding steroid dienone is 3. The fraction of sp³-hybridized carbons (Fsp3) is 0.267. The van der Waals surface area contributed by atoms with Gasteiger partial charge in [-0.05, 0) is 18.2 Å². The van der Waals surface area contributed by atoms with Crippen molar-refractivity contribution in [3.8, 4) is 0 Å². The molecule has 22 heavy (non-hydrogen) atoms. The Bertz CT molecular complexity index is 670. The predicted octanol–water partition coefficient (Wildman–Crippen LogP) is 0.786. The van der Waals surface area contributed by atoms with Gasteiger partial charge in [0, 0.05) is 56.5 Å². The normalized spacial score (nSPS) is 20.2. The van der Waals surface area contributed by atoms with Gasteiger partial charge in [0.25, 0.3) is 0 Å². The van der Waals surface area contributed by atoms with Crippen molar-refractivity contribution in [1.82, 2.24) is 25.4 Å². The zero-order valence-electron chi connectivity index (χ0n) is 12.1. The standard InChI is InChI=1S/C15H17N7/c1-4-18-22-9-3-13(12-21(22)8-1)14-2-5-17-15(19-14)20-10-6-16-7-11-20/h1-5,8-9,12,16H,6-7,10-11H2. The molecule has 1 N–H and O–H groups in total. The summed E-state index contributed by atoms with van der Waals surface area (Å²) in [4.78, 5) is 11.3. The average Bonchev–Trinajstić information content (AvgIpc) is 2.62. The van der Waals surface area contributed by atoms with Crippen LogP contribution in [0.1, 0.15) is 5.69 Å². The Morgan fingerprint density at radius 1 is 1.14 bits per heavy atom. The molecule has 4 heterocycles. The van der Waals surface area contributed by atoms with Crippen molar-refractivity contribution < 1.29 is 0 Å². The molecule has 0 atom stereocenters. The number of anilines is 1. The van der Waals surface area contributed by atoms with Gasteiger partial charge < -0.3 is 10.2 Å². The maximum absolute atomic E-state index is 4.72. The largest absolute Gasteiger partial charge is 0.338 e. The molecule has 4 rings (SSSR count). The van der Waals surface area contributed by atoms with E-state index < -0.39 is 0 Å². The predicted molar refractivity (Wildman–Crippen MR) is 85.5 cm³/mol. The summed E-state index contributed by atoms with van der Waals surface area (Å²) < 4.78 is 0. The van der Waals surface area contributed by atoms with E-state index in [0.717, 1.165) is 43.4 Å². The first-order valence-electron chi connectivity index (χ1n) is 7.37. The second-order valence-corrected chi connectivity index (χ2v) is 5.19. The minimum Gasteiger partial charge on any atom is -0.338 e. The zero-order valence-corrected chi connectivity index (χ0v) is 12.1. The zero-order chi connectivity index (χ0) is 14.8. The minimum absolute atomic E-state index is 0.794. The number of hydrogen-bond donors (Lipinski definition) is 1. The molecular weight excluding hydrogens is 278 g/mol. The fourth-order valence-corrected chi connectivity index (χ4v) is 2.59. The topological polar surface area (TPSA) is 59.9 Å². The highest BCUT2D eigenvalue weighted by atomic mass is 15.8. The van der Waals surface area contributed by atoms with Crippen molar-refractivity contribution in [3.63, 3.8) is 0 Å². The van der Waals surface area contributed by atoms with Gasteiger partial charge in [0.15, 0.2) is 0 Å². The maximum Gasteiger partial charge on any atom is 0.225 e. The summed E-state index contributed by atoms with van der Waals surface area (Å²) in [6.45, 7) is 3.83. The van der Waals surface area contributed by atoms with E-state index >= 15 is 0 Å². The second kappa shape index (κ2) is 5.61. The maximum atomic E-state index is 4.72. The summed E-state index contributed by atoms with van der Waals surface area (Å²) in [6, 6.07) is 1.94. The molecule has 0 aromatic carbocycles. The molecule has 0 unspecified atom stereocenters. The molecule has 0 spiro atoms. The van der Waals surface area contributed by atoms with Crippen LogP contribution in [-0.2, 0) is 0 Å². The van der Waals surface area contributed by atoms with Crippen molar-refractivity contribution in [3.05, 3.63) is 48.7 Å². The lowest BCUT2D eigenvalue weighted by Crippen LogP contribution is -2.44. The highest BCUT2D eigenvalue weighted by molar-refractivity contribution is 5.74. The van der Waals surface area contributed by atoms with E-state index in [1.807, 2.05) is 48.0 Å². The van der Waals surface area contributed by atoms with Crippen LogP contribution < -0.4 is 10.2 Å². The van der Waals surface area contributed by atoms with Gasteiger partial charge in [0.1, 0.15) is 0 Å². The smallest absolute Gasteiger partial charge is 0.225 e. The first-order chi connectivity index (χ1) is 10.9. The van der Waals surface area contributed by atoms with E-state index in [9.17, 15) is 0 Å². The molecule has 1 fully saturated rings. The second-order valence-electron chi connectivity index (χ2n) is 5.19. The van der Waals surface area contributed by atoms with Crippen LogP contribution in [0.3, 0.4) is 0 Å². The molecule has 0 amide bonds. The molecule has 7 nitrogen and oxygen atoms in total. The molecule has 0 bridgehead atoms. The number of nitrogens with zero attached hydrogens (tertiary/aromatic N) is 6. The Morgan fingerprint density at radius 2 is 2.05 bits per heavy atom. The Morgan fingerprint density at radius 3 is 2.95 bits per heavy atom. The van der Waals surface area contributed by atoms with Gasteiger partial charge in [-0.25, -0.2) is 15.0 Å². The Labute approximate surface area is 128 Å². The van der Waals surface area contributed by atoms with Crippen LogP contribution in [0.2, 0.25) is 0 Å². The van der Waals surface area contributed by atoms with E-state index in [2.05, 4.69) is 20.3 Å². The van der Waals surface area contributed by atoms with Gasteiger partial charge in [-0.3, -0.25) is 0 Å². The van der Waals surface area contributed by atoms with Gasteiger partial charge in [-0.2, -0.15) is 10.2 Å². The van der Waals surface area contributed by atoms with Crippen LogP contribution >= 0.6 is 0 Å². The van der Waals surface area contributed by atoms with Gasteiger partial charge in [-0.15, -0.1) is 0 Å². The third-order valence-electron chi connectivity index (χ3n) is 3.74. The van der Waals surface area contributed by atoms with Crippen LogP contribution in [0.25, 0.3) is 5.57 Å². The van der Waals surface area contributed by atoms with E-state index in [1.165, 1.54) is 0 Å². The lowest BCUT2D eigenvalue weighted by Gasteiger charge is -2.31. The minimum atomic E-state index is 0.794. The van der Waals surface area contributed by atoms with E-state index in [1.54, 1.807) is 11.3 Å². The van der Waals surface area contributed by atoms with Crippen molar-refractivity contribution in [2.75, 3.05) is 31.1 Å².